The van der Waals surface area contributed by atoms with E-state index in [1.807, 2.05) is 4.90 Å². The van der Waals surface area contributed by atoms with Gasteiger partial charge in [-0.3, -0.25) is 13.9 Å². The Morgan fingerprint density at radius 1 is 0.974 bits per heavy atom. The summed E-state index contributed by atoms with van der Waals surface area (Å²) in [6.45, 7) is 1.68. The highest BCUT2D eigenvalue weighted by atomic mass is 19.4. The third kappa shape index (κ3) is 5.14. The molecule has 0 aliphatic carbocycles. The Morgan fingerprint density at radius 3 is 2.23 bits per heavy atom. The van der Waals surface area contributed by atoms with Crippen LogP contribution in [0.2, 0.25) is 0 Å². The average Bonchev–Trinajstić information content (AvgIpc) is 3.26. The van der Waals surface area contributed by atoms with Crippen LogP contribution in [0.15, 0.2) is 65.6 Å². The Kier molecular flexibility index (Phi) is 6.71. The molecule has 0 radical (unpaired) electrons. The molecule has 3 aliphatic heterocycles. The Bertz CT molecular complexity index is 1520. The summed E-state index contributed by atoms with van der Waals surface area (Å²) in [4.78, 5) is 28.5. The Balaban J connectivity index is 1.17. The number of carbonyl (C=O) groups excluding carboxylic acids is 1. The minimum absolute atomic E-state index is 0.167. The third-order valence-corrected chi connectivity index (χ3v) is 6.94. The van der Waals surface area contributed by atoms with Gasteiger partial charge in [-0.05, 0) is 48.5 Å². The third-order valence-electron chi connectivity index (χ3n) is 6.94. The van der Waals surface area contributed by atoms with Crippen molar-refractivity contribution in [3.05, 3.63) is 82.0 Å². The van der Waals surface area contributed by atoms with Gasteiger partial charge in [0.15, 0.2) is 6.61 Å². The van der Waals surface area contributed by atoms with Gasteiger partial charge in [0, 0.05) is 57.6 Å². The largest absolute Gasteiger partial charge is 0.618 e. The van der Waals surface area contributed by atoms with Crippen molar-refractivity contribution in [3.8, 4) is 28.4 Å². The highest BCUT2D eigenvalue weighted by molar-refractivity contribution is 5.78. The number of hydrogen-bond donors (Lipinski definition) is 0. The second-order valence-corrected chi connectivity index (χ2v) is 9.40. The molecule has 39 heavy (non-hydrogen) atoms. The molecule has 1 saturated heterocycles. The number of aryl methyl sites for hydroxylation is 1. The first-order chi connectivity index (χ1) is 18.5. The molecular formula is C27H26F3N5O4. The number of nitrogens with zero attached hydrogens (tertiary/aromatic N) is 5. The Hall–Kier alpha value is -4.48. The van der Waals surface area contributed by atoms with Gasteiger partial charge in [0.05, 0.1) is 11.8 Å². The van der Waals surface area contributed by atoms with Gasteiger partial charge < -0.3 is 19.7 Å². The fourth-order valence-electron chi connectivity index (χ4n) is 4.70. The minimum atomic E-state index is -4.38. The van der Waals surface area contributed by atoms with Crippen molar-refractivity contribution in [2.45, 2.75) is 6.18 Å². The number of benzene rings is 2. The lowest BCUT2D eigenvalue weighted by Crippen LogP contribution is -2.50. The maximum Gasteiger partial charge on any atom is 0.416 e. The van der Waals surface area contributed by atoms with Crippen LogP contribution in [-0.4, -0.2) is 52.7 Å². The molecule has 1 fully saturated rings. The van der Waals surface area contributed by atoms with E-state index in [2.05, 4.69) is 0 Å². The molecule has 0 spiro atoms. The van der Waals surface area contributed by atoms with Crippen molar-refractivity contribution in [1.82, 2.24) is 14.0 Å². The number of aromatic nitrogens is 3. The number of rotatable bonds is 5. The zero-order valence-corrected chi connectivity index (χ0v) is 21.3. The molecule has 0 saturated carbocycles. The molecule has 3 heterocycles. The summed E-state index contributed by atoms with van der Waals surface area (Å²) in [7, 11) is 3.19. The van der Waals surface area contributed by atoms with Gasteiger partial charge in [0.1, 0.15) is 11.4 Å². The molecule has 2 aromatic carbocycles. The molecule has 0 bridgehead atoms. The van der Waals surface area contributed by atoms with E-state index < -0.39 is 11.7 Å². The molecule has 3 aliphatic rings. The second kappa shape index (κ2) is 10.0. The lowest BCUT2D eigenvalue weighted by molar-refractivity contribution is -0.578. The molecule has 0 atom stereocenters. The normalized spacial score (nSPS) is 14.2. The summed E-state index contributed by atoms with van der Waals surface area (Å²) < 4.78 is 47.6. The van der Waals surface area contributed by atoms with E-state index in [1.165, 1.54) is 27.5 Å². The van der Waals surface area contributed by atoms with Gasteiger partial charge in [-0.2, -0.15) is 17.9 Å². The Morgan fingerprint density at radius 2 is 1.62 bits per heavy atom. The van der Waals surface area contributed by atoms with Crippen LogP contribution in [0, 0.1) is 5.21 Å². The molecule has 12 heteroatoms. The molecule has 0 unspecified atom stereocenters. The number of amides is 1. The lowest BCUT2D eigenvalue weighted by atomic mass is 10.1. The van der Waals surface area contributed by atoms with Crippen molar-refractivity contribution in [1.29, 1.82) is 0 Å². The minimum Gasteiger partial charge on any atom is -0.618 e. The van der Waals surface area contributed by atoms with Crippen LogP contribution >= 0.6 is 0 Å². The van der Waals surface area contributed by atoms with Crippen LogP contribution in [0.1, 0.15) is 5.56 Å². The number of ether oxygens (including phenoxy) is 1. The highest BCUT2D eigenvalue weighted by Gasteiger charge is 2.30. The van der Waals surface area contributed by atoms with E-state index >= 15 is 0 Å². The van der Waals surface area contributed by atoms with Crippen LogP contribution in [0.25, 0.3) is 22.6 Å². The number of piperazine rings is 1. The van der Waals surface area contributed by atoms with Crippen LogP contribution in [0.3, 0.4) is 0 Å². The number of anilines is 1. The number of hydrogen-bond acceptors (Lipinski definition) is 5. The van der Waals surface area contributed by atoms with Gasteiger partial charge in [0.2, 0.25) is 5.69 Å². The standard InChI is InChI=1S/C27H26F3N5O4/c1-31-16-24-23(32(2)26(31)37)15-22(35(24)38)18-3-9-21(10-4-18)39-17-25(36)34-13-11-33(12-14-34)20-7-5-19(6-8-20)27(28,29)30/h3-10,15-16H,11-14,17H2,1-2H3. The molecule has 1 amide bonds. The van der Waals surface area contributed by atoms with Crippen molar-refractivity contribution in [3.63, 3.8) is 0 Å². The van der Waals surface area contributed by atoms with E-state index in [-0.39, 0.29) is 18.2 Å². The molecule has 0 N–H and O–H groups in total. The van der Waals surface area contributed by atoms with Gasteiger partial charge in [-0.25, -0.2) is 4.79 Å². The SMILES string of the molecule is Cn1cc2[n+]([O-])c(-c3ccc(OCC(=O)N4CCN(c5ccc(C(F)(F)F)cc5)CC4)cc3)cc-2n(C)c1=O. The van der Waals surface area contributed by atoms with Gasteiger partial charge in [-0.1, -0.05) is 0 Å². The van der Waals surface area contributed by atoms with E-state index in [4.69, 9.17) is 4.74 Å². The summed E-state index contributed by atoms with van der Waals surface area (Å²) in [5, 5.41) is 12.8. The summed E-state index contributed by atoms with van der Waals surface area (Å²) in [6, 6.07) is 13.4. The van der Waals surface area contributed by atoms with Crippen LogP contribution < -0.4 is 20.1 Å². The van der Waals surface area contributed by atoms with Crippen molar-refractivity contribution in [2.24, 2.45) is 14.1 Å². The molecular weight excluding hydrogens is 515 g/mol. The molecule has 0 aromatic heterocycles. The first kappa shape index (κ1) is 26.1. The lowest BCUT2D eigenvalue weighted by Gasteiger charge is -2.36. The van der Waals surface area contributed by atoms with Crippen molar-refractivity contribution in [2.75, 3.05) is 37.7 Å². The molecule has 204 valence electrons. The van der Waals surface area contributed by atoms with Crippen molar-refractivity contribution < 1.29 is 27.4 Å². The van der Waals surface area contributed by atoms with Crippen LogP contribution in [-0.2, 0) is 25.1 Å². The predicted octanol–water partition coefficient (Wildman–Crippen LogP) is 2.88. The summed E-state index contributed by atoms with van der Waals surface area (Å²) in [6.07, 6.45) is -2.87. The summed E-state index contributed by atoms with van der Waals surface area (Å²) >= 11 is 0. The molecule has 5 rings (SSSR count). The first-order valence-corrected chi connectivity index (χ1v) is 12.2. The summed E-state index contributed by atoms with van der Waals surface area (Å²) in [5.41, 5.74) is 1.66. The first-order valence-electron chi connectivity index (χ1n) is 12.2. The van der Waals surface area contributed by atoms with E-state index in [9.17, 15) is 28.0 Å². The van der Waals surface area contributed by atoms with Crippen molar-refractivity contribution >= 4 is 11.6 Å². The number of carbonyl (C=O) groups is 1. The van der Waals surface area contributed by atoms with E-state index in [1.54, 1.807) is 49.3 Å². The number of fused-ring (bicyclic) bond motifs is 1. The van der Waals surface area contributed by atoms with Crippen LogP contribution in [0.4, 0.5) is 18.9 Å². The van der Waals surface area contributed by atoms with E-state index in [0.717, 1.165) is 16.9 Å². The highest BCUT2D eigenvalue weighted by Crippen LogP contribution is 2.31. The van der Waals surface area contributed by atoms with Crippen LogP contribution in [0.5, 0.6) is 5.75 Å². The fourth-order valence-corrected chi connectivity index (χ4v) is 4.70. The number of alkyl halides is 3. The quantitative estimate of drug-likeness (QED) is 0.287. The predicted molar refractivity (Wildman–Crippen MR) is 137 cm³/mol. The maximum absolute atomic E-state index is 12.8. The van der Waals surface area contributed by atoms with Gasteiger partial charge in [0.25, 0.3) is 11.6 Å². The average molecular weight is 542 g/mol. The molecule has 9 nitrogen and oxygen atoms in total. The number of halogens is 3. The summed E-state index contributed by atoms with van der Waals surface area (Å²) in [5.74, 6) is 0.266. The second-order valence-electron chi connectivity index (χ2n) is 9.40. The van der Waals surface area contributed by atoms with Gasteiger partial charge in [-0.15, -0.1) is 0 Å². The molecule has 2 aromatic rings. The maximum atomic E-state index is 12.8. The fraction of sp³-hybridized carbons (Fsp3) is 0.296. The zero-order chi connectivity index (χ0) is 27.9. The van der Waals surface area contributed by atoms with Gasteiger partial charge >= 0.3 is 11.9 Å². The monoisotopic (exact) mass is 541 g/mol. The smallest absolute Gasteiger partial charge is 0.416 e. The topological polar surface area (TPSA) is 86.6 Å². The Labute approximate surface area is 221 Å². The van der Waals surface area contributed by atoms with E-state index in [0.29, 0.717) is 60.3 Å². The zero-order valence-electron chi connectivity index (χ0n) is 21.3.